The Bertz CT molecular complexity index is 119. The van der Waals surface area contributed by atoms with E-state index in [1.807, 2.05) is 0 Å². The Kier molecular flexibility index (Phi) is 1.31. The fourth-order valence-corrected chi connectivity index (χ4v) is 3.14. The normalized spacial score (nSPS) is 40.0. The number of nitrogens with zero attached hydrogens (tertiary/aromatic N) is 1. The predicted molar refractivity (Wildman–Crippen MR) is 46.5 cm³/mol. The third kappa shape index (κ3) is 0.755. The van der Waals surface area contributed by atoms with Gasteiger partial charge in [0.25, 0.3) is 0 Å². The van der Waals surface area contributed by atoms with Crippen LogP contribution in [0.2, 0.25) is 0 Å². The van der Waals surface area contributed by atoms with Crippen molar-refractivity contribution in [3.63, 3.8) is 0 Å². The van der Waals surface area contributed by atoms with Crippen LogP contribution in [0.4, 0.5) is 0 Å². The summed E-state index contributed by atoms with van der Waals surface area (Å²) >= 11 is 2.49. The number of halogens is 1. The molecule has 1 aliphatic heterocycles. The zero-order valence-electron chi connectivity index (χ0n) is 5.73. The van der Waals surface area contributed by atoms with Crippen LogP contribution in [-0.4, -0.2) is 15.2 Å². The predicted octanol–water partition coefficient (Wildman–Crippen LogP) is 2.21. The second-order valence-electron chi connectivity index (χ2n) is 3.38. The van der Waals surface area contributed by atoms with Gasteiger partial charge in [0, 0.05) is 34.9 Å². The van der Waals surface area contributed by atoms with Crippen LogP contribution in [0, 0.1) is 5.92 Å². The maximum absolute atomic E-state index is 2.52. The summed E-state index contributed by atoms with van der Waals surface area (Å²) in [7, 11) is 0. The molecule has 1 atom stereocenters. The second kappa shape index (κ2) is 1.84. The van der Waals surface area contributed by atoms with E-state index >= 15 is 0 Å². The minimum atomic E-state index is 0.681. The zero-order chi connectivity index (χ0) is 6.48. The summed E-state index contributed by atoms with van der Waals surface area (Å²) in [4.78, 5) is 0. The van der Waals surface area contributed by atoms with Gasteiger partial charge in [-0.25, -0.2) is 3.11 Å². The quantitative estimate of drug-likeness (QED) is 0.461. The molecular weight excluding hydrogens is 225 g/mol. The van der Waals surface area contributed by atoms with E-state index < -0.39 is 0 Å². The molecule has 0 aromatic rings. The fourth-order valence-electron chi connectivity index (χ4n) is 1.90. The van der Waals surface area contributed by atoms with Crippen molar-refractivity contribution in [2.45, 2.75) is 31.7 Å². The third-order valence-electron chi connectivity index (χ3n) is 2.92. The molecule has 2 heteroatoms. The lowest BCUT2D eigenvalue weighted by Crippen LogP contribution is -2.25. The summed E-state index contributed by atoms with van der Waals surface area (Å²) in [5.74, 6) is 0.967. The highest BCUT2D eigenvalue weighted by atomic mass is 127. The maximum Gasteiger partial charge on any atom is 0.0332 e. The number of hydrogen-bond acceptors (Lipinski definition) is 1. The standard InChI is InChI=1S/C7H12IN/c1-6-2-5-9(8)7(6)3-4-7/h6H,2-5H2,1H3/t6-/m0/s1. The molecule has 1 nitrogen and oxygen atoms in total. The van der Waals surface area contributed by atoms with Gasteiger partial charge in [-0.2, -0.15) is 0 Å². The van der Waals surface area contributed by atoms with Crippen LogP contribution in [-0.2, 0) is 0 Å². The average Bonchev–Trinajstić information content (AvgIpc) is 2.56. The summed E-state index contributed by atoms with van der Waals surface area (Å²) in [6, 6.07) is 0. The van der Waals surface area contributed by atoms with Gasteiger partial charge in [0.05, 0.1) is 0 Å². The molecule has 0 bridgehead atoms. The van der Waals surface area contributed by atoms with Crippen molar-refractivity contribution >= 4 is 22.9 Å². The van der Waals surface area contributed by atoms with E-state index in [0.29, 0.717) is 5.54 Å². The average molecular weight is 237 g/mol. The maximum atomic E-state index is 2.52. The highest BCUT2D eigenvalue weighted by Gasteiger charge is 2.54. The molecule has 9 heavy (non-hydrogen) atoms. The molecule has 1 saturated carbocycles. The largest absolute Gasteiger partial charge is 0.241 e. The molecule has 0 unspecified atom stereocenters. The van der Waals surface area contributed by atoms with Gasteiger partial charge in [-0.1, -0.05) is 6.92 Å². The number of rotatable bonds is 0. The highest BCUT2D eigenvalue weighted by Crippen LogP contribution is 2.54. The first kappa shape index (κ1) is 6.40. The molecule has 1 heterocycles. The van der Waals surface area contributed by atoms with E-state index in [0.717, 1.165) is 5.92 Å². The van der Waals surface area contributed by atoms with Crippen molar-refractivity contribution in [3.05, 3.63) is 0 Å². The first-order valence-corrected chi connectivity index (χ1v) is 4.66. The Morgan fingerprint density at radius 2 is 2.22 bits per heavy atom. The molecular formula is C7H12IN. The van der Waals surface area contributed by atoms with Crippen LogP contribution >= 0.6 is 22.9 Å². The fraction of sp³-hybridized carbons (Fsp3) is 1.00. The molecule has 1 spiro atoms. The molecule has 0 amide bonds. The molecule has 0 N–H and O–H groups in total. The zero-order valence-corrected chi connectivity index (χ0v) is 7.89. The first-order valence-electron chi connectivity index (χ1n) is 3.69. The SMILES string of the molecule is C[C@H]1CCN(I)C12CC2. The molecule has 0 aromatic carbocycles. The van der Waals surface area contributed by atoms with Crippen molar-refractivity contribution in [2.24, 2.45) is 5.92 Å². The van der Waals surface area contributed by atoms with Crippen LogP contribution in [0.15, 0.2) is 0 Å². The van der Waals surface area contributed by atoms with Gasteiger partial charge in [-0.3, -0.25) is 0 Å². The summed E-state index contributed by atoms with van der Waals surface area (Å²) in [5.41, 5.74) is 0.681. The second-order valence-corrected chi connectivity index (χ2v) is 4.54. The Morgan fingerprint density at radius 1 is 1.56 bits per heavy atom. The summed E-state index contributed by atoms with van der Waals surface area (Å²) in [5, 5.41) is 0. The molecule has 2 aliphatic rings. The van der Waals surface area contributed by atoms with Gasteiger partial charge in [0.1, 0.15) is 0 Å². The summed E-state index contributed by atoms with van der Waals surface area (Å²) < 4.78 is 2.52. The smallest absolute Gasteiger partial charge is 0.0332 e. The van der Waals surface area contributed by atoms with Crippen LogP contribution < -0.4 is 0 Å². The minimum Gasteiger partial charge on any atom is -0.241 e. The minimum absolute atomic E-state index is 0.681. The Hall–Kier alpha value is 0.690. The lowest BCUT2D eigenvalue weighted by molar-refractivity contribution is 0.381. The van der Waals surface area contributed by atoms with E-state index in [9.17, 15) is 0 Å². The van der Waals surface area contributed by atoms with Crippen molar-refractivity contribution in [2.75, 3.05) is 6.54 Å². The van der Waals surface area contributed by atoms with Crippen LogP contribution in [0.1, 0.15) is 26.2 Å². The van der Waals surface area contributed by atoms with Crippen molar-refractivity contribution in [1.82, 2.24) is 3.11 Å². The monoisotopic (exact) mass is 237 g/mol. The summed E-state index contributed by atoms with van der Waals surface area (Å²) in [6.45, 7) is 3.72. The van der Waals surface area contributed by atoms with Gasteiger partial charge in [-0.05, 0) is 25.2 Å². The lowest BCUT2D eigenvalue weighted by Gasteiger charge is -2.18. The molecule has 52 valence electrons. The van der Waals surface area contributed by atoms with E-state index in [-0.39, 0.29) is 0 Å². The van der Waals surface area contributed by atoms with Crippen LogP contribution in [0.3, 0.4) is 0 Å². The molecule has 0 aromatic heterocycles. The van der Waals surface area contributed by atoms with Crippen molar-refractivity contribution in [1.29, 1.82) is 0 Å². The first-order chi connectivity index (χ1) is 4.26. The van der Waals surface area contributed by atoms with Gasteiger partial charge in [0.2, 0.25) is 0 Å². The van der Waals surface area contributed by atoms with E-state index in [4.69, 9.17) is 0 Å². The molecule has 1 saturated heterocycles. The van der Waals surface area contributed by atoms with Crippen molar-refractivity contribution in [3.8, 4) is 0 Å². The molecule has 1 aliphatic carbocycles. The van der Waals surface area contributed by atoms with Crippen LogP contribution in [0.25, 0.3) is 0 Å². The van der Waals surface area contributed by atoms with E-state index in [1.165, 1.54) is 25.8 Å². The van der Waals surface area contributed by atoms with E-state index in [2.05, 4.69) is 32.9 Å². The molecule has 2 fully saturated rings. The van der Waals surface area contributed by atoms with Crippen LogP contribution in [0.5, 0.6) is 0 Å². The van der Waals surface area contributed by atoms with Gasteiger partial charge in [-0.15, -0.1) is 0 Å². The number of hydrogen-bond donors (Lipinski definition) is 0. The van der Waals surface area contributed by atoms with Crippen molar-refractivity contribution < 1.29 is 0 Å². The van der Waals surface area contributed by atoms with Gasteiger partial charge < -0.3 is 0 Å². The molecule has 2 rings (SSSR count). The Balaban J connectivity index is 2.17. The Morgan fingerprint density at radius 3 is 2.44 bits per heavy atom. The van der Waals surface area contributed by atoms with E-state index in [1.54, 1.807) is 0 Å². The lowest BCUT2D eigenvalue weighted by atomic mass is 10.0. The van der Waals surface area contributed by atoms with Gasteiger partial charge in [0.15, 0.2) is 0 Å². The third-order valence-corrected chi connectivity index (χ3v) is 4.36. The van der Waals surface area contributed by atoms with Gasteiger partial charge >= 0.3 is 0 Å². The molecule has 0 radical (unpaired) electrons. The topological polar surface area (TPSA) is 3.24 Å². The summed E-state index contributed by atoms with van der Waals surface area (Å²) in [6.07, 6.45) is 4.33. The Labute approximate surface area is 70.3 Å². The highest BCUT2D eigenvalue weighted by molar-refractivity contribution is 14.1.